The Bertz CT molecular complexity index is 180. The van der Waals surface area contributed by atoms with E-state index >= 15 is 0 Å². The largest absolute Gasteiger partial charge is 0.378 e. The molecule has 0 spiro atoms. The molecule has 15 heavy (non-hydrogen) atoms. The van der Waals surface area contributed by atoms with Gasteiger partial charge < -0.3 is 15.4 Å². The van der Waals surface area contributed by atoms with Crippen LogP contribution in [0.25, 0.3) is 0 Å². The van der Waals surface area contributed by atoms with E-state index in [0.717, 1.165) is 25.0 Å². The van der Waals surface area contributed by atoms with E-state index in [4.69, 9.17) is 4.74 Å². The lowest BCUT2D eigenvalue weighted by Crippen LogP contribution is -2.36. The predicted molar refractivity (Wildman–Crippen MR) is 62.0 cm³/mol. The molecule has 2 atom stereocenters. The molecule has 0 aliphatic carbocycles. The van der Waals surface area contributed by atoms with Gasteiger partial charge in [-0.25, -0.2) is 0 Å². The molecule has 2 unspecified atom stereocenters. The van der Waals surface area contributed by atoms with Crippen LogP contribution >= 0.6 is 0 Å². The summed E-state index contributed by atoms with van der Waals surface area (Å²) >= 11 is 0. The molecule has 2 aliphatic heterocycles. The molecule has 3 heteroatoms. The Kier molecular flexibility index (Phi) is 4.42. The molecule has 0 saturated carbocycles. The zero-order valence-electron chi connectivity index (χ0n) is 9.80. The molecule has 88 valence electrons. The average molecular weight is 212 g/mol. The average Bonchev–Trinajstić information content (AvgIpc) is 2.66. The summed E-state index contributed by atoms with van der Waals surface area (Å²) in [5.41, 5.74) is 0. The minimum atomic E-state index is 0.463. The Morgan fingerprint density at radius 2 is 2.00 bits per heavy atom. The molecule has 2 N–H and O–H groups in total. The van der Waals surface area contributed by atoms with Crippen molar-refractivity contribution < 1.29 is 4.74 Å². The summed E-state index contributed by atoms with van der Waals surface area (Å²) in [4.78, 5) is 0. The summed E-state index contributed by atoms with van der Waals surface area (Å²) in [6.07, 6.45) is 4.37. The quantitative estimate of drug-likeness (QED) is 0.729. The minimum Gasteiger partial charge on any atom is -0.378 e. The van der Waals surface area contributed by atoms with E-state index in [-0.39, 0.29) is 0 Å². The van der Waals surface area contributed by atoms with Gasteiger partial charge in [0.15, 0.2) is 0 Å². The van der Waals surface area contributed by atoms with Crippen molar-refractivity contribution in [1.29, 1.82) is 0 Å². The number of nitrogens with one attached hydrogen (secondary N) is 2. The highest BCUT2D eigenvalue weighted by Gasteiger charge is 2.23. The normalized spacial score (nSPS) is 33.4. The second-order valence-electron chi connectivity index (χ2n) is 4.98. The van der Waals surface area contributed by atoms with Crippen molar-refractivity contribution in [2.45, 2.75) is 32.3 Å². The van der Waals surface area contributed by atoms with Crippen LogP contribution < -0.4 is 10.6 Å². The number of hydrogen-bond donors (Lipinski definition) is 2. The summed E-state index contributed by atoms with van der Waals surface area (Å²) in [6, 6.07) is 0. The third-order valence-corrected chi connectivity index (χ3v) is 3.83. The van der Waals surface area contributed by atoms with E-state index in [1.807, 2.05) is 0 Å². The van der Waals surface area contributed by atoms with Crippen LogP contribution in [0.5, 0.6) is 0 Å². The summed E-state index contributed by atoms with van der Waals surface area (Å²) in [7, 11) is 0. The van der Waals surface area contributed by atoms with Gasteiger partial charge in [0.1, 0.15) is 0 Å². The summed E-state index contributed by atoms with van der Waals surface area (Å²) in [5.74, 6) is 1.63. The third kappa shape index (κ3) is 3.44. The van der Waals surface area contributed by atoms with E-state index in [9.17, 15) is 0 Å². The first-order chi connectivity index (χ1) is 7.36. The van der Waals surface area contributed by atoms with Gasteiger partial charge in [-0.05, 0) is 57.7 Å². The van der Waals surface area contributed by atoms with E-state index in [1.54, 1.807) is 0 Å². The molecule has 0 amide bonds. The monoisotopic (exact) mass is 212 g/mol. The Morgan fingerprint density at radius 3 is 2.67 bits per heavy atom. The molecule has 0 radical (unpaired) electrons. The van der Waals surface area contributed by atoms with Crippen LogP contribution in [0.2, 0.25) is 0 Å². The van der Waals surface area contributed by atoms with Crippen molar-refractivity contribution in [3.05, 3.63) is 0 Å². The fourth-order valence-corrected chi connectivity index (χ4v) is 2.60. The zero-order chi connectivity index (χ0) is 10.5. The Balaban J connectivity index is 1.57. The van der Waals surface area contributed by atoms with Gasteiger partial charge in [-0.3, -0.25) is 0 Å². The third-order valence-electron chi connectivity index (χ3n) is 3.83. The molecule has 2 rings (SSSR count). The fraction of sp³-hybridized carbons (Fsp3) is 1.00. The molecule has 2 heterocycles. The standard InChI is InChI=1S/C12H24N2O/c1-10-12(4-7-15-10)9-14-8-11-2-5-13-6-3-11/h10-14H,2-9H2,1H3. The lowest BCUT2D eigenvalue weighted by Gasteiger charge is -2.24. The van der Waals surface area contributed by atoms with Crippen LogP contribution in [-0.4, -0.2) is 38.9 Å². The van der Waals surface area contributed by atoms with Gasteiger partial charge in [0.05, 0.1) is 6.10 Å². The molecule has 2 aliphatic rings. The highest BCUT2D eigenvalue weighted by Crippen LogP contribution is 2.19. The highest BCUT2D eigenvalue weighted by molar-refractivity contribution is 4.76. The topological polar surface area (TPSA) is 33.3 Å². The molecule has 0 bridgehead atoms. The van der Waals surface area contributed by atoms with E-state index < -0.39 is 0 Å². The molecule has 0 aromatic heterocycles. The molecule has 2 fully saturated rings. The molecule has 0 aromatic rings. The second-order valence-corrected chi connectivity index (χ2v) is 4.98. The first-order valence-corrected chi connectivity index (χ1v) is 6.39. The fourth-order valence-electron chi connectivity index (χ4n) is 2.60. The predicted octanol–water partition coefficient (Wildman–Crippen LogP) is 1.00. The van der Waals surface area contributed by atoms with E-state index in [1.165, 1.54) is 38.9 Å². The van der Waals surface area contributed by atoms with Gasteiger partial charge >= 0.3 is 0 Å². The van der Waals surface area contributed by atoms with Crippen molar-refractivity contribution in [3.8, 4) is 0 Å². The van der Waals surface area contributed by atoms with Crippen LogP contribution in [0.1, 0.15) is 26.2 Å². The molecule has 3 nitrogen and oxygen atoms in total. The lowest BCUT2D eigenvalue weighted by atomic mass is 9.97. The van der Waals surface area contributed by atoms with Gasteiger partial charge in [0, 0.05) is 13.2 Å². The number of piperidine rings is 1. The molecular formula is C12H24N2O. The number of rotatable bonds is 4. The lowest BCUT2D eigenvalue weighted by molar-refractivity contribution is 0.105. The first-order valence-electron chi connectivity index (χ1n) is 6.39. The second kappa shape index (κ2) is 5.83. The van der Waals surface area contributed by atoms with Crippen molar-refractivity contribution in [2.24, 2.45) is 11.8 Å². The maximum Gasteiger partial charge on any atom is 0.0588 e. The molecular weight excluding hydrogens is 188 g/mol. The molecule has 0 aromatic carbocycles. The van der Waals surface area contributed by atoms with Crippen LogP contribution in [0, 0.1) is 11.8 Å². The van der Waals surface area contributed by atoms with Crippen molar-refractivity contribution >= 4 is 0 Å². The van der Waals surface area contributed by atoms with Crippen molar-refractivity contribution in [2.75, 3.05) is 32.8 Å². The number of ether oxygens (including phenoxy) is 1. The van der Waals surface area contributed by atoms with Crippen molar-refractivity contribution in [1.82, 2.24) is 10.6 Å². The highest BCUT2D eigenvalue weighted by atomic mass is 16.5. The maximum absolute atomic E-state index is 5.56. The van der Waals surface area contributed by atoms with Gasteiger partial charge in [-0.1, -0.05) is 0 Å². The van der Waals surface area contributed by atoms with Crippen LogP contribution in [0.15, 0.2) is 0 Å². The van der Waals surface area contributed by atoms with Gasteiger partial charge in [-0.2, -0.15) is 0 Å². The minimum absolute atomic E-state index is 0.463. The summed E-state index contributed by atoms with van der Waals surface area (Å²) in [6.45, 7) is 7.91. The van der Waals surface area contributed by atoms with Gasteiger partial charge in [0.25, 0.3) is 0 Å². The van der Waals surface area contributed by atoms with Crippen LogP contribution in [0.3, 0.4) is 0 Å². The zero-order valence-corrected chi connectivity index (χ0v) is 9.80. The smallest absolute Gasteiger partial charge is 0.0588 e. The molecule has 2 saturated heterocycles. The Morgan fingerprint density at radius 1 is 1.20 bits per heavy atom. The van der Waals surface area contributed by atoms with E-state index in [0.29, 0.717) is 6.10 Å². The SMILES string of the molecule is CC1OCCC1CNCC1CCNCC1. The maximum atomic E-state index is 5.56. The van der Waals surface area contributed by atoms with Crippen LogP contribution in [-0.2, 0) is 4.74 Å². The number of hydrogen-bond acceptors (Lipinski definition) is 3. The van der Waals surface area contributed by atoms with Gasteiger partial charge in [-0.15, -0.1) is 0 Å². The first kappa shape index (κ1) is 11.4. The van der Waals surface area contributed by atoms with Crippen LogP contribution in [0.4, 0.5) is 0 Å². The Hall–Kier alpha value is -0.120. The summed E-state index contributed by atoms with van der Waals surface area (Å²) < 4.78 is 5.56. The summed E-state index contributed by atoms with van der Waals surface area (Å²) in [5, 5.41) is 7.03. The van der Waals surface area contributed by atoms with Gasteiger partial charge in [0.2, 0.25) is 0 Å². The van der Waals surface area contributed by atoms with Crippen molar-refractivity contribution in [3.63, 3.8) is 0 Å². The Labute approximate surface area is 93.0 Å². The van der Waals surface area contributed by atoms with E-state index in [2.05, 4.69) is 17.6 Å².